The molecule has 0 spiro atoms. The van der Waals surface area contributed by atoms with Crippen LogP contribution in [0.1, 0.15) is 32.3 Å². The van der Waals surface area contributed by atoms with Crippen LogP contribution in [-0.2, 0) is 6.42 Å². The molecule has 100 valence electrons. The maximum absolute atomic E-state index is 14.1. The molecule has 0 aliphatic carbocycles. The molecule has 2 N–H and O–H groups in total. The van der Waals surface area contributed by atoms with E-state index in [0.717, 1.165) is 43.0 Å². The van der Waals surface area contributed by atoms with Crippen LogP contribution in [0.15, 0.2) is 18.2 Å². The van der Waals surface area contributed by atoms with Crippen molar-refractivity contribution < 1.29 is 4.39 Å². The molecule has 0 bridgehead atoms. The third kappa shape index (κ3) is 2.83. The monoisotopic (exact) mass is 250 g/mol. The first-order chi connectivity index (χ1) is 8.61. The van der Waals surface area contributed by atoms with E-state index in [1.807, 2.05) is 12.1 Å². The second-order valence-electron chi connectivity index (χ2n) is 5.50. The summed E-state index contributed by atoms with van der Waals surface area (Å²) in [6.07, 6.45) is 3.03. The second-order valence-corrected chi connectivity index (χ2v) is 5.50. The Morgan fingerprint density at radius 2 is 2.17 bits per heavy atom. The highest BCUT2D eigenvalue weighted by atomic mass is 19.1. The van der Waals surface area contributed by atoms with Crippen molar-refractivity contribution in [1.82, 2.24) is 0 Å². The average Bonchev–Trinajstić information content (AvgIpc) is 2.31. The minimum absolute atomic E-state index is 0.109. The summed E-state index contributed by atoms with van der Waals surface area (Å²) in [5, 5.41) is 0. The van der Waals surface area contributed by atoms with Gasteiger partial charge in [0.1, 0.15) is 5.82 Å². The minimum Gasteiger partial charge on any atom is -0.366 e. The quantitative estimate of drug-likeness (QED) is 0.893. The van der Waals surface area contributed by atoms with Crippen LogP contribution in [0.5, 0.6) is 0 Å². The first-order valence-electron chi connectivity index (χ1n) is 6.87. The Bertz CT molecular complexity index is 405. The number of hydrogen-bond donors (Lipinski definition) is 1. The van der Waals surface area contributed by atoms with Gasteiger partial charge in [-0.1, -0.05) is 13.0 Å². The molecule has 2 rings (SSSR count). The van der Waals surface area contributed by atoms with Crippen LogP contribution in [0.4, 0.5) is 10.1 Å². The fraction of sp³-hybridized carbons (Fsp3) is 0.600. The molecule has 0 aromatic heterocycles. The second kappa shape index (κ2) is 5.70. The van der Waals surface area contributed by atoms with Gasteiger partial charge in [0.2, 0.25) is 0 Å². The van der Waals surface area contributed by atoms with E-state index in [1.165, 1.54) is 0 Å². The molecule has 0 saturated carbocycles. The maximum atomic E-state index is 14.1. The third-order valence-corrected chi connectivity index (χ3v) is 3.89. The van der Waals surface area contributed by atoms with Crippen LogP contribution >= 0.6 is 0 Å². The van der Waals surface area contributed by atoms with Gasteiger partial charge >= 0.3 is 0 Å². The Morgan fingerprint density at radius 3 is 2.78 bits per heavy atom. The van der Waals surface area contributed by atoms with Crippen molar-refractivity contribution in [2.24, 2.45) is 11.7 Å². The highest BCUT2D eigenvalue weighted by molar-refractivity contribution is 5.50. The topological polar surface area (TPSA) is 29.3 Å². The van der Waals surface area contributed by atoms with E-state index in [9.17, 15) is 4.39 Å². The van der Waals surface area contributed by atoms with Gasteiger partial charge in [0.15, 0.2) is 0 Å². The normalized spacial score (nSPS) is 24.3. The van der Waals surface area contributed by atoms with E-state index in [2.05, 4.69) is 18.7 Å². The predicted molar refractivity (Wildman–Crippen MR) is 74.4 cm³/mol. The third-order valence-electron chi connectivity index (χ3n) is 3.89. The van der Waals surface area contributed by atoms with Gasteiger partial charge in [0.05, 0.1) is 5.69 Å². The summed E-state index contributed by atoms with van der Waals surface area (Å²) in [6.45, 7) is 5.98. The van der Waals surface area contributed by atoms with Crippen LogP contribution in [0, 0.1) is 11.7 Å². The Hall–Kier alpha value is -1.09. The van der Waals surface area contributed by atoms with Gasteiger partial charge in [-0.2, -0.15) is 0 Å². The Kier molecular flexibility index (Phi) is 4.23. The number of nitrogens with two attached hydrogens (primary N) is 1. The Morgan fingerprint density at radius 1 is 1.39 bits per heavy atom. The molecule has 1 aliphatic heterocycles. The number of nitrogens with zero attached hydrogens (tertiary/aromatic N) is 1. The van der Waals surface area contributed by atoms with Gasteiger partial charge in [-0.25, -0.2) is 4.39 Å². The van der Waals surface area contributed by atoms with E-state index in [4.69, 9.17) is 5.73 Å². The SMILES string of the molecule is CC1CCN(c2ccc(CCN)cc2F)C(C)C1. The first kappa shape index (κ1) is 13.3. The van der Waals surface area contributed by atoms with Crippen molar-refractivity contribution in [3.05, 3.63) is 29.6 Å². The first-order valence-corrected chi connectivity index (χ1v) is 6.87. The van der Waals surface area contributed by atoms with Gasteiger partial charge in [0, 0.05) is 12.6 Å². The molecule has 1 aromatic rings. The number of rotatable bonds is 3. The fourth-order valence-corrected chi connectivity index (χ4v) is 2.87. The molecule has 0 radical (unpaired) electrons. The summed E-state index contributed by atoms with van der Waals surface area (Å²) >= 11 is 0. The largest absolute Gasteiger partial charge is 0.366 e. The zero-order chi connectivity index (χ0) is 13.1. The lowest BCUT2D eigenvalue weighted by Crippen LogP contribution is -2.40. The molecular weight excluding hydrogens is 227 g/mol. The molecule has 1 aromatic carbocycles. The molecular formula is C15H23FN2. The average molecular weight is 250 g/mol. The summed E-state index contributed by atoms with van der Waals surface area (Å²) in [5.41, 5.74) is 7.22. The van der Waals surface area contributed by atoms with Crippen molar-refractivity contribution in [1.29, 1.82) is 0 Å². The highest BCUT2D eigenvalue weighted by Crippen LogP contribution is 2.30. The highest BCUT2D eigenvalue weighted by Gasteiger charge is 2.24. The van der Waals surface area contributed by atoms with Crippen molar-refractivity contribution >= 4 is 5.69 Å². The molecule has 1 saturated heterocycles. The summed E-state index contributed by atoms with van der Waals surface area (Å²) in [4.78, 5) is 2.20. The van der Waals surface area contributed by atoms with E-state index in [1.54, 1.807) is 6.07 Å². The molecule has 2 atom stereocenters. The van der Waals surface area contributed by atoms with Crippen LogP contribution in [0.25, 0.3) is 0 Å². The molecule has 3 heteroatoms. The Labute approximate surface area is 109 Å². The van der Waals surface area contributed by atoms with E-state index in [0.29, 0.717) is 12.6 Å². The Balaban J connectivity index is 2.17. The van der Waals surface area contributed by atoms with Gasteiger partial charge in [0.25, 0.3) is 0 Å². The summed E-state index contributed by atoms with van der Waals surface area (Å²) in [5.74, 6) is 0.637. The molecule has 2 unspecified atom stereocenters. The number of piperidine rings is 1. The zero-order valence-electron chi connectivity index (χ0n) is 11.3. The summed E-state index contributed by atoms with van der Waals surface area (Å²) < 4.78 is 14.1. The smallest absolute Gasteiger partial charge is 0.146 e. The van der Waals surface area contributed by atoms with Crippen molar-refractivity contribution in [2.45, 2.75) is 39.2 Å². The standard InChI is InChI=1S/C15H23FN2/c1-11-6-8-18(12(2)9-11)15-4-3-13(5-7-17)10-14(15)16/h3-4,10-12H,5-9,17H2,1-2H3. The zero-order valence-corrected chi connectivity index (χ0v) is 11.3. The van der Waals surface area contributed by atoms with E-state index < -0.39 is 0 Å². The van der Waals surface area contributed by atoms with Crippen LogP contribution in [-0.4, -0.2) is 19.1 Å². The molecule has 0 amide bonds. The summed E-state index contributed by atoms with van der Waals surface area (Å²) in [6, 6.07) is 5.96. The lowest BCUT2D eigenvalue weighted by atomic mass is 9.93. The molecule has 1 fully saturated rings. The predicted octanol–water partition coefficient (Wildman–Crippen LogP) is 2.95. The fourth-order valence-electron chi connectivity index (χ4n) is 2.87. The maximum Gasteiger partial charge on any atom is 0.146 e. The van der Waals surface area contributed by atoms with Crippen LogP contribution < -0.4 is 10.6 Å². The van der Waals surface area contributed by atoms with Crippen molar-refractivity contribution in [3.8, 4) is 0 Å². The molecule has 18 heavy (non-hydrogen) atoms. The lowest BCUT2D eigenvalue weighted by Gasteiger charge is -2.38. The number of anilines is 1. The van der Waals surface area contributed by atoms with Crippen LogP contribution in [0.2, 0.25) is 0 Å². The molecule has 2 nitrogen and oxygen atoms in total. The van der Waals surface area contributed by atoms with Crippen LogP contribution in [0.3, 0.4) is 0 Å². The van der Waals surface area contributed by atoms with Crippen molar-refractivity contribution in [2.75, 3.05) is 18.0 Å². The van der Waals surface area contributed by atoms with Gasteiger partial charge < -0.3 is 10.6 Å². The number of hydrogen-bond acceptors (Lipinski definition) is 2. The van der Waals surface area contributed by atoms with Gasteiger partial charge in [-0.05, 0) is 56.3 Å². The van der Waals surface area contributed by atoms with E-state index >= 15 is 0 Å². The van der Waals surface area contributed by atoms with E-state index in [-0.39, 0.29) is 5.82 Å². The van der Waals surface area contributed by atoms with Gasteiger partial charge in [-0.15, -0.1) is 0 Å². The summed E-state index contributed by atoms with van der Waals surface area (Å²) in [7, 11) is 0. The number of halogens is 1. The molecule has 1 aliphatic rings. The number of benzene rings is 1. The minimum atomic E-state index is -0.109. The molecule has 1 heterocycles. The van der Waals surface area contributed by atoms with Crippen molar-refractivity contribution in [3.63, 3.8) is 0 Å². The van der Waals surface area contributed by atoms with Gasteiger partial charge in [-0.3, -0.25) is 0 Å². The lowest BCUT2D eigenvalue weighted by molar-refractivity contribution is 0.374.